The molecule has 1 atom stereocenters. The lowest BCUT2D eigenvalue weighted by Crippen LogP contribution is -2.51. The summed E-state index contributed by atoms with van der Waals surface area (Å²) in [7, 11) is -1.91. The molecule has 2 heterocycles. The highest BCUT2D eigenvalue weighted by Gasteiger charge is 2.47. The van der Waals surface area contributed by atoms with Gasteiger partial charge in [-0.15, -0.1) is 0 Å². The van der Waals surface area contributed by atoms with E-state index in [-0.39, 0.29) is 17.7 Å². The van der Waals surface area contributed by atoms with E-state index in [1.807, 2.05) is 41.3 Å². The minimum absolute atomic E-state index is 0.0959. The second kappa shape index (κ2) is 15.4. The molecule has 2 aliphatic heterocycles. The zero-order chi connectivity index (χ0) is 34.0. The number of carbonyl (C=O) groups is 2. The van der Waals surface area contributed by atoms with Crippen LogP contribution in [0.15, 0.2) is 36.4 Å². The lowest BCUT2D eigenvalue weighted by Gasteiger charge is -2.46. The van der Waals surface area contributed by atoms with Crippen LogP contribution in [0.4, 0.5) is 0 Å². The summed E-state index contributed by atoms with van der Waals surface area (Å²) in [5, 5.41) is 1.18. The average Bonchev–Trinajstić information content (AvgIpc) is 3.40. The van der Waals surface area contributed by atoms with Crippen LogP contribution in [-0.2, 0) is 15.6 Å². The number of hydrogen-bond acceptors (Lipinski definition) is 3. The van der Waals surface area contributed by atoms with Crippen molar-refractivity contribution in [1.82, 2.24) is 9.80 Å². The summed E-state index contributed by atoms with van der Waals surface area (Å²) in [6, 6.07) is 11.9. The van der Waals surface area contributed by atoms with Crippen molar-refractivity contribution in [3.8, 4) is 11.1 Å². The van der Waals surface area contributed by atoms with E-state index in [0.717, 1.165) is 81.3 Å². The van der Waals surface area contributed by atoms with E-state index in [4.69, 9.17) is 27.6 Å². The van der Waals surface area contributed by atoms with E-state index in [0.29, 0.717) is 56.7 Å². The van der Waals surface area contributed by atoms with Crippen molar-refractivity contribution in [2.75, 3.05) is 19.6 Å². The van der Waals surface area contributed by atoms with Crippen LogP contribution in [0.25, 0.3) is 11.1 Å². The van der Waals surface area contributed by atoms with Crippen LogP contribution in [0.5, 0.6) is 0 Å². The van der Waals surface area contributed by atoms with Crippen LogP contribution >= 0.6 is 23.2 Å². The first-order chi connectivity index (χ1) is 22.3. The number of carbonyl (C=O) groups excluding carboxylic acids is 2. The van der Waals surface area contributed by atoms with Gasteiger partial charge >= 0.3 is 0 Å². The highest BCUT2D eigenvalue weighted by molar-refractivity contribution is 6.77. The van der Waals surface area contributed by atoms with E-state index < -0.39 is 8.32 Å². The predicted molar refractivity (Wildman–Crippen MR) is 198 cm³/mol. The minimum atomic E-state index is -1.91. The number of likely N-dealkylation sites (tertiary alicyclic amines) is 2. The number of halogens is 2. The lowest BCUT2D eigenvalue weighted by atomic mass is 9.92. The number of amides is 2. The fourth-order valence-electron chi connectivity index (χ4n) is 8.90. The molecule has 5 nitrogen and oxygen atoms in total. The normalized spacial score (nSPS) is 23.1. The summed E-state index contributed by atoms with van der Waals surface area (Å²) < 4.78 is 7.10. The lowest BCUT2D eigenvalue weighted by molar-refractivity contribution is -0.133. The molecule has 0 unspecified atom stereocenters. The Labute approximate surface area is 294 Å². The molecular weight excluding hydrogens is 643 g/mol. The summed E-state index contributed by atoms with van der Waals surface area (Å²) in [6.45, 7) is 18.8. The first-order valence-electron chi connectivity index (χ1n) is 18.2. The molecule has 3 aliphatic rings. The van der Waals surface area contributed by atoms with Gasteiger partial charge in [-0.1, -0.05) is 83.8 Å². The van der Waals surface area contributed by atoms with Crippen LogP contribution in [0.2, 0.25) is 26.7 Å². The predicted octanol–water partition coefficient (Wildman–Crippen LogP) is 10.4. The second-order valence-electron chi connectivity index (χ2n) is 15.6. The standard InChI is InChI=1S/C39H56Cl2N2O3Si/c1-25(2)47(26(3)4,27(5)6)46-34-14-12-33(13-15-34)43-21-18-31(39(43)45)22-35-36(40)23-32(24-37(35)41)29-8-10-30(11-9-29)38(44)42-19-16-28(7)17-20-42/h8-11,23-28,31,33-34H,12-22H2,1-7H3/t31-,33?,34?/m0/s1. The van der Waals surface area contributed by atoms with Crippen LogP contribution in [0, 0.1) is 11.8 Å². The number of rotatable bonds is 10. The topological polar surface area (TPSA) is 49.9 Å². The van der Waals surface area contributed by atoms with E-state index in [1.165, 1.54) is 0 Å². The summed E-state index contributed by atoms with van der Waals surface area (Å²) in [4.78, 5) is 30.8. The van der Waals surface area contributed by atoms with E-state index in [1.54, 1.807) is 0 Å². The first kappa shape index (κ1) is 36.4. The van der Waals surface area contributed by atoms with Gasteiger partial charge in [0.05, 0.1) is 0 Å². The highest BCUT2D eigenvalue weighted by atomic mass is 35.5. The van der Waals surface area contributed by atoms with Gasteiger partial charge in [-0.25, -0.2) is 0 Å². The maximum atomic E-state index is 13.7. The molecule has 2 saturated heterocycles. The molecule has 0 bridgehead atoms. The van der Waals surface area contributed by atoms with E-state index >= 15 is 0 Å². The van der Waals surface area contributed by atoms with Crippen molar-refractivity contribution in [2.45, 2.75) is 129 Å². The van der Waals surface area contributed by atoms with Crippen LogP contribution < -0.4 is 0 Å². The molecule has 2 aromatic rings. The van der Waals surface area contributed by atoms with Crippen molar-refractivity contribution in [2.24, 2.45) is 11.8 Å². The zero-order valence-corrected chi connectivity index (χ0v) is 32.2. The van der Waals surface area contributed by atoms with Crippen LogP contribution in [-0.4, -0.2) is 61.7 Å². The van der Waals surface area contributed by atoms with Gasteiger partial charge in [-0.2, -0.15) is 0 Å². The minimum Gasteiger partial charge on any atom is -0.413 e. The Morgan fingerprint density at radius 2 is 1.36 bits per heavy atom. The van der Waals surface area contributed by atoms with Gasteiger partial charge in [0, 0.05) is 53.3 Å². The van der Waals surface area contributed by atoms with Gasteiger partial charge in [0.1, 0.15) is 0 Å². The molecule has 0 spiro atoms. The number of nitrogens with zero attached hydrogens (tertiary/aromatic N) is 2. The summed E-state index contributed by atoms with van der Waals surface area (Å²) in [5.41, 5.74) is 5.17. The Kier molecular flexibility index (Phi) is 11.9. The molecule has 0 aromatic heterocycles. The quantitative estimate of drug-likeness (QED) is 0.232. The maximum Gasteiger partial charge on any atom is 0.253 e. The largest absolute Gasteiger partial charge is 0.413 e. The van der Waals surface area contributed by atoms with Gasteiger partial charge in [0.15, 0.2) is 0 Å². The van der Waals surface area contributed by atoms with E-state index in [2.05, 4.69) is 53.4 Å². The zero-order valence-electron chi connectivity index (χ0n) is 29.7. The van der Waals surface area contributed by atoms with Gasteiger partial charge in [0.2, 0.25) is 14.2 Å². The first-order valence-corrected chi connectivity index (χ1v) is 21.1. The molecule has 2 aromatic carbocycles. The van der Waals surface area contributed by atoms with Gasteiger partial charge in [0.25, 0.3) is 5.91 Å². The molecule has 47 heavy (non-hydrogen) atoms. The second-order valence-corrected chi connectivity index (χ2v) is 21.8. The molecule has 2 amide bonds. The average molecular weight is 700 g/mol. The molecule has 8 heteroatoms. The van der Waals surface area contributed by atoms with E-state index in [9.17, 15) is 9.59 Å². The molecular formula is C39H56Cl2N2O3Si. The van der Waals surface area contributed by atoms with Crippen molar-refractivity contribution >= 4 is 43.3 Å². The molecule has 0 radical (unpaired) electrons. The number of piperidine rings is 1. The Balaban J connectivity index is 1.18. The fraction of sp³-hybridized carbons (Fsp3) is 0.641. The van der Waals surface area contributed by atoms with Crippen molar-refractivity contribution in [1.29, 1.82) is 0 Å². The summed E-state index contributed by atoms with van der Waals surface area (Å²) in [6.07, 6.45) is 7.91. The van der Waals surface area contributed by atoms with Crippen molar-refractivity contribution in [3.05, 3.63) is 57.6 Å². The van der Waals surface area contributed by atoms with Crippen LogP contribution in [0.1, 0.15) is 109 Å². The Morgan fingerprint density at radius 1 is 0.809 bits per heavy atom. The SMILES string of the molecule is CC1CCN(C(=O)c2ccc(-c3cc(Cl)c(C[C@@H]4CCN(C5CCC(O[Si](C(C)C)(C(C)C)C(C)C)CC5)C4=O)c(Cl)c3)cc2)CC1. The Morgan fingerprint density at radius 3 is 1.89 bits per heavy atom. The molecule has 1 saturated carbocycles. The monoisotopic (exact) mass is 698 g/mol. The smallest absolute Gasteiger partial charge is 0.253 e. The molecule has 1 aliphatic carbocycles. The van der Waals surface area contributed by atoms with Crippen molar-refractivity contribution < 1.29 is 14.0 Å². The molecule has 5 rings (SSSR count). The van der Waals surface area contributed by atoms with Gasteiger partial charge in [-0.05, 0) is 115 Å². The fourth-order valence-corrected chi connectivity index (χ4v) is 15.2. The Hall–Kier alpha value is -1.86. The highest BCUT2D eigenvalue weighted by Crippen LogP contribution is 2.45. The number of hydrogen-bond donors (Lipinski definition) is 0. The Bertz CT molecular complexity index is 1350. The third-order valence-corrected chi connectivity index (χ3v) is 18.5. The van der Waals surface area contributed by atoms with Gasteiger partial charge < -0.3 is 14.2 Å². The molecule has 3 fully saturated rings. The van der Waals surface area contributed by atoms with Crippen molar-refractivity contribution in [3.63, 3.8) is 0 Å². The summed E-state index contributed by atoms with van der Waals surface area (Å²) >= 11 is 13.7. The third kappa shape index (κ3) is 7.82. The molecule has 0 N–H and O–H groups in total. The van der Waals surface area contributed by atoms with Gasteiger partial charge in [-0.3, -0.25) is 9.59 Å². The number of benzene rings is 2. The van der Waals surface area contributed by atoms with Crippen LogP contribution in [0.3, 0.4) is 0 Å². The maximum absolute atomic E-state index is 13.7. The summed E-state index contributed by atoms with van der Waals surface area (Å²) in [5.74, 6) is 0.917. The molecule has 258 valence electrons. The third-order valence-electron chi connectivity index (χ3n) is 11.6.